The summed E-state index contributed by atoms with van der Waals surface area (Å²) < 4.78 is 16.1. The number of anilines is 1. The molecule has 7 heteroatoms. The summed E-state index contributed by atoms with van der Waals surface area (Å²) in [5, 5.41) is 24.0. The van der Waals surface area contributed by atoms with Crippen molar-refractivity contribution in [1.29, 1.82) is 0 Å². The van der Waals surface area contributed by atoms with E-state index in [4.69, 9.17) is 0 Å². The molecule has 0 saturated heterocycles. The smallest absolute Gasteiger partial charge is 0.253 e. The van der Waals surface area contributed by atoms with Gasteiger partial charge in [0.1, 0.15) is 11.9 Å². The number of benzene rings is 2. The molecule has 0 spiro atoms. The van der Waals surface area contributed by atoms with Crippen molar-refractivity contribution < 1.29 is 24.2 Å². The number of hydrogen-bond acceptors (Lipinski definition) is 4. The predicted molar refractivity (Wildman–Crippen MR) is 191 cm³/mol. The van der Waals surface area contributed by atoms with Crippen LogP contribution in [-0.2, 0) is 11.2 Å². The van der Waals surface area contributed by atoms with E-state index >= 15 is 4.39 Å². The fraction of sp³-hybridized carbons (Fsp3) is 0.659. The van der Waals surface area contributed by atoms with Gasteiger partial charge >= 0.3 is 0 Å². The summed E-state index contributed by atoms with van der Waals surface area (Å²) in [7, 11) is 0. The number of rotatable bonds is 16. The standard InChI is InChI=1S/C41H59FN2O4/c1-4-5-6-7-9-12-23-44(40(48)29-15-17-32(18-16-29)43-28(2)45)24-13-10-8-11-14-30-25-31-26-33(46)19-20-34(31)39-36(42)27-41(3)35(38(30)39)21-22-37(41)47/h15-20,26,30,35-39,46-47H,4-14,21-25,27H2,1-3H3,(H,43,45)/t30?,35?,36?,37?,38?,39?,41-/m0/s1. The van der Waals surface area contributed by atoms with Gasteiger partial charge in [0.05, 0.1) is 6.10 Å². The van der Waals surface area contributed by atoms with Crippen LogP contribution in [0.5, 0.6) is 5.75 Å². The van der Waals surface area contributed by atoms with E-state index in [-0.39, 0.29) is 34.8 Å². The number of phenolic OH excluding ortho intramolecular Hbond substituents is 1. The van der Waals surface area contributed by atoms with Crippen LogP contribution in [0.25, 0.3) is 0 Å². The van der Waals surface area contributed by atoms with Gasteiger partial charge in [-0.15, -0.1) is 0 Å². The van der Waals surface area contributed by atoms with Crippen LogP contribution < -0.4 is 5.32 Å². The van der Waals surface area contributed by atoms with Crippen molar-refractivity contribution in [3.63, 3.8) is 0 Å². The fourth-order valence-electron chi connectivity index (χ4n) is 9.58. The van der Waals surface area contributed by atoms with Gasteiger partial charge < -0.3 is 20.4 Å². The molecule has 2 aromatic rings. The van der Waals surface area contributed by atoms with E-state index in [1.165, 1.54) is 32.6 Å². The maximum atomic E-state index is 16.1. The molecule has 2 aromatic carbocycles. The van der Waals surface area contributed by atoms with Crippen LogP contribution in [-0.4, -0.2) is 52.3 Å². The number of aromatic hydroxyl groups is 1. The van der Waals surface area contributed by atoms with E-state index in [9.17, 15) is 19.8 Å². The Morgan fingerprint density at radius 1 is 0.938 bits per heavy atom. The van der Waals surface area contributed by atoms with E-state index in [0.717, 1.165) is 88.4 Å². The Hall–Kier alpha value is -2.93. The lowest BCUT2D eigenvalue weighted by molar-refractivity contribution is -0.114. The Labute approximate surface area is 287 Å². The predicted octanol–water partition coefficient (Wildman–Crippen LogP) is 9.20. The number of amides is 2. The first kappa shape index (κ1) is 36.4. The summed E-state index contributed by atoms with van der Waals surface area (Å²) in [6.45, 7) is 7.30. The van der Waals surface area contributed by atoms with Gasteiger partial charge in [-0.2, -0.15) is 0 Å². The first-order valence-electron chi connectivity index (χ1n) is 18.9. The third-order valence-corrected chi connectivity index (χ3v) is 12.0. The summed E-state index contributed by atoms with van der Waals surface area (Å²) in [6, 6.07) is 12.7. The Balaban J connectivity index is 1.17. The number of hydrogen-bond donors (Lipinski definition) is 3. The van der Waals surface area contributed by atoms with Crippen molar-refractivity contribution in [3.8, 4) is 5.75 Å². The van der Waals surface area contributed by atoms with Crippen LogP contribution in [0.4, 0.5) is 10.1 Å². The number of fused-ring (bicyclic) bond motifs is 5. The number of unbranched alkanes of at least 4 members (excludes halogenated alkanes) is 8. The lowest BCUT2D eigenvalue weighted by Gasteiger charge is -2.54. The molecule has 0 heterocycles. The molecular weight excluding hydrogens is 603 g/mol. The highest BCUT2D eigenvalue weighted by Gasteiger charge is 2.59. The number of carbonyl (C=O) groups is 2. The van der Waals surface area contributed by atoms with Gasteiger partial charge in [-0.3, -0.25) is 9.59 Å². The molecule has 0 radical (unpaired) electrons. The molecule has 0 aromatic heterocycles. The highest BCUT2D eigenvalue weighted by atomic mass is 19.1. The van der Waals surface area contributed by atoms with E-state index < -0.39 is 12.3 Å². The molecule has 3 aliphatic carbocycles. The second-order valence-corrected chi connectivity index (χ2v) is 15.4. The number of aliphatic hydroxyl groups excluding tert-OH is 1. The number of alkyl halides is 1. The molecule has 6 nitrogen and oxygen atoms in total. The molecule has 3 aliphatic rings. The minimum atomic E-state index is -0.980. The second-order valence-electron chi connectivity index (χ2n) is 15.4. The van der Waals surface area contributed by atoms with Gasteiger partial charge in [-0.1, -0.05) is 71.3 Å². The second kappa shape index (κ2) is 16.7. The Kier molecular flexibility index (Phi) is 12.6. The van der Waals surface area contributed by atoms with Crippen molar-refractivity contribution in [2.75, 3.05) is 18.4 Å². The average Bonchev–Trinajstić information content (AvgIpc) is 3.35. The SMILES string of the molecule is CCCCCCCCN(CCCCCCC1Cc2cc(O)ccc2C2C(F)C[C@]3(C)C(O)CCC3C12)C(=O)c1ccc(NC(C)=O)cc1. The van der Waals surface area contributed by atoms with Gasteiger partial charge in [-0.25, -0.2) is 4.39 Å². The zero-order valence-corrected chi connectivity index (χ0v) is 29.6. The molecule has 5 rings (SSSR count). The average molecular weight is 663 g/mol. The van der Waals surface area contributed by atoms with Crippen molar-refractivity contribution in [1.82, 2.24) is 4.90 Å². The van der Waals surface area contributed by atoms with Crippen molar-refractivity contribution in [3.05, 3.63) is 59.2 Å². The van der Waals surface area contributed by atoms with Gasteiger partial charge in [0.2, 0.25) is 5.91 Å². The first-order valence-corrected chi connectivity index (χ1v) is 18.9. The third-order valence-electron chi connectivity index (χ3n) is 12.0. The number of aliphatic hydroxyl groups is 1. The van der Waals surface area contributed by atoms with Crippen molar-refractivity contribution >= 4 is 17.5 Å². The molecule has 3 N–H and O–H groups in total. The van der Waals surface area contributed by atoms with Gasteiger partial charge in [-0.05, 0) is 116 Å². The quantitative estimate of drug-likeness (QED) is 0.156. The molecule has 0 aliphatic heterocycles. The topological polar surface area (TPSA) is 89.9 Å². The highest BCUT2D eigenvalue weighted by molar-refractivity contribution is 5.95. The monoisotopic (exact) mass is 662 g/mol. The number of phenols is 1. The molecule has 2 amide bonds. The number of halogens is 1. The van der Waals surface area contributed by atoms with Crippen LogP contribution in [0.2, 0.25) is 0 Å². The Bertz CT molecular complexity index is 1360. The molecule has 48 heavy (non-hydrogen) atoms. The molecule has 7 atom stereocenters. The summed E-state index contributed by atoms with van der Waals surface area (Å²) in [6.07, 6.45) is 13.8. The van der Waals surface area contributed by atoms with Crippen LogP contribution in [0.1, 0.15) is 138 Å². The summed E-state index contributed by atoms with van der Waals surface area (Å²) in [4.78, 5) is 27.0. The Morgan fingerprint density at radius 3 is 2.29 bits per heavy atom. The molecule has 0 bridgehead atoms. The normalized spacial score (nSPS) is 27.5. The van der Waals surface area contributed by atoms with E-state index in [1.54, 1.807) is 30.3 Å². The largest absolute Gasteiger partial charge is 0.508 e. The first-order chi connectivity index (χ1) is 23.1. The third kappa shape index (κ3) is 8.43. The van der Waals surface area contributed by atoms with Crippen molar-refractivity contribution in [2.45, 2.75) is 135 Å². The van der Waals surface area contributed by atoms with Crippen LogP contribution >= 0.6 is 0 Å². The summed E-state index contributed by atoms with van der Waals surface area (Å²) >= 11 is 0. The van der Waals surface area contributed by atoms with E-state index in [0.29, 0.717) is 29.5 Å². The molecular formula is C41H59FN2O4. The van der Waals surface area contributed by atoms with Crippen LogP contribution in [0.3, 0.4) is 0 Å². The van der Waals surface area contributed by atoms with Crippen LogP contribution in [0.15, 0.2) is 42.5 Å². The lowest BCUT2D eigenvalue weighted by Crippen LogP contribution is -2.51. The Morgan fingerprint density at radius 2 is 1.60 bits per heavy atom. The molecule has 264 valence electrons. The zero-order valence-electron chi connectivity index (χ0n) is 29.6. The highest BCUT2D eigenvalue weighted by Crippen LogP contribution is 2.63. The molecule has 2 saturated carbocycles. The molecule has 6 unspecified atom stereocenters. The number of nitrogens with zero attached hydrogens (tertiary/aromatic N) is 1. The van der Waals surface area contributed by atoms with Gasteiger partial charge in [0, 0.05) is 37.2 Å². The zero-order chi connectivity index (χ0) is 34.3. The summed E-state index contributed by atoms with van der Waals surface area (Å²) in [5.74, 6) is 0.892. The maximum absolute atomic E-state index is 16.1. The van der Waals surface area contributed by atoms with Gasteiger partial charge in [0.25, 0.3) is 5.91 Å². The number of carbonyl (C=O) groups excluding carboxylic acids is 2. The lowest BCUT2D eigenvalue weighted by atomic mass is 9.51. The molecule has 2 fully saturated rings. The minimum Gasteiger partial charge on any atom is -0.508 e. The number of nitrogens with one attached hydrogen (secondary N) is 1. The maximum Gasteiger partial charge on any atom is 0.253 e. The van der Waals surface area contributed by atoms with E-state index in [1.807, 2.05) is 17.0 Å². The van der Waals surface area contributed by atoms with Crippen molar-refractivity contribution in [2.24, 2.45) is 23.2 Å². The van der Waals surface area contributed by atoms with E-state index in [2.05, 4.69) is 19.2 Å². The minimum absolute atomic E-state index is 0.0490. The van der Waals surface area contributed by atoms with Gasteiger partial charge in [0.15, 0.2) is 0 Å². The fourth-order valence-corrected chi connectivity index (χ4v) is 9.58. The summed E-state index contributed by atoms with van der Waals surface area (Å²) in [5.41, 5.74) is 3.15. The van der Waals surface area contributed by atoms with Crippen LogP contribution in [0, 0.1) is 23.2 Å².